The second-order valence-electron chi connectivity index (χ2n) is 3.13. The van der Waals surface area contributed by atoms with Crippen molar-refractivity contribution in [1.29, 1.82) is 0 Å². The molecule has 0 bridgehead atoms. The Bertz CT molecular complexity index is 411. The van der Waals surface area contributed by atoms with Gasteiger partial charge in [-0.3, -0.25) is 0 Å². The minimum atomic E-state index is -1.55. The van der Waals surface area contributed by atoms with Crippen LogP contribution < -0.4 is 14.4 Å². The van der Waals surface area contributed by atoms with Crippen molar-refractivity contribution in [2.24, 2.45) is 0 Å². The van der Waals surface area contributed by atoms with Gasteiger partial charge in [0.05, 0.1) is 0 Å². The van der Waals surface area contributed by atoms with Gasteiger partial charge in [0.1, 0.15) is 0 Å². The van der Waals surface area contributed by atoms with E-state index in [-0.39, 0.29) is 11.8 Å². The van der Waals surface area contributed by atoms with Crippen LogP contribution in [0.4, 0.5) is 15.3 Å². The summed E-state index contributed by atoms with van der Waals surface area (Å²) in [5, 5.41) is 16.9. The molecule has 0 aliphatic carbocycles. The molecule has 0 unspecified atom stereocenters. The first-order valence-electron chi connectivity index (χ1n) is 4.39. The van der Waals surface area contributed by atoms with Gasteiger partial charge in [-0.15, -0.1) is 0 Å². The second kappa shape index (κ2) is 5.01. The molecule has 0 aliphatic rings. The Morgan fingerprint density at radius 2 is 1.53 bits per heavy atom. The average molecular weight is 242 g/mol. The summed E-state index contributed by atoms with van der Waals surface area (Å²) >= 11 is 0. The molecule has 0 spiro atoms. The fraction of sp³-hybridized carbons (Fsp3) is 0.222. The van der Waals surface area contributed by atoms with Gasteiger partial charge in [0.15, 0.2) is 0 Å². The van der Waals surface area contributed by atoms with Gasteiger partial charge in [0, 0.05) is 31.9 Å². The van der Waals surface area contributed by atoms with Crippen LogP contribution in [0.15, 0.2) is 12.1 Å². The number of pyridine rings is 1. The fourth-order valence-electron chi connectivity index (χ4n) is 1.01. The molecule has 17 heavy (non-hydrogen) atoms. The molecule has 1 rings (SSSR count). The summed E-state index contributed by atoms with van der Waals surface area (Å²) in [7, 11) is 3.37. The molecule has 0 aliphatic heterocycles. The maximum absolute atomic E-state index is 10.4. The smallest absolute Gasteiger partial charge is 0.449 e. The Hall–Kier alpha value is -2.51. The Morgan fingerprint density at radius 3 is 1.82 bits per heavy atom. The van der Waals surface area contributed by atoms with Crippen LogP contribution in [0.3, 0.4) is 0 Å². The van der Waals surface area contributed by atoms with E-state index in [0.717, 1.165) is 0 Å². The van der Waals surface area contributed by atoms with Crippen molar-refractivity contribution in [3.05, 3.63) is 12.1 Å². The van der Waals surface area contributed by atoms with Crippen molar-refractivity contribution >= 4 is 18.0 Å². The monoisotopic (exact) mass is 242 g/mol. The highest BCUT2D eigenvalue weighted by molar-refractivity contribution is 5.64. The quantitative estimate of drug-likeness (QED) is 0.762. The molecule has 0 fully saturated rings. The average Bonchev–Trinajstić information content (AvgIpc) is 2.14. The predicted molar refractivity (Wildman–Crippen MR) is 55.9 cm³/mol. The van der Waals surface area contributed by atoms with Crippen LogP contribution in [0, 0.1) is 0 Å². The minimum absolute atomic E-state index is 0.264. The molecule has 0 amide bonds. The highest BCUT2D eigenvalue weighted by atomic mass is 16.7. The van der Waals surface area contributed by atoms with E-state index in [0.29, 0.717) is 5.69 Å². The summed E-state index contributed by atoms with van der Waals surface area (Å²) in [5.41, 5.74) is 0.493. The van der Waals surface area contributed by atoms with Gasteiger partial charge in [0.25, 0.3) is 0 Å². The van der Waals surface area contributed by atoms with E-state index >= 15 is 0 Å². The summed E-state index contributed by atoms with van der Waals surface area (Å²) in [4.78, 5) is 25.9. The molecule has 0 aromatic carbocycles. The van der Waals surface area contributed by atoms with Gasteiger partial charge in [-0.05, 0) is 0 Å². The van der Waals surface area contributed by atoms with Gasteiger partial charge in [-0.25, -0.2) is 9.59 Å². The highest BCUT2D eigenvalue weighted by Crippen LogP contribution is 2.23. The summed E-state index contributed by atoms with van der Waals surface area (Å²) in [5.74, 6) is -0.528. The molecule has 0 saturated heterocycles. The first-order chi connectivity index (χ1) is 7.88. The van der Waals surface area contributed by atoms with Gasteiger partial charge < -0.3 is 24.6 Å². The van der Waals surface area contributed by atoms with Crippen molar-refractivity contribution in [2.45, 2.75) is 0 Å². The minimum Gasteiger partial charge on any atom is -0.449 e. The number of rotatable bonds is 3. The normalized spacial score (nSPS) is 9.53. The third-order valence-electron chi connectivity index (χ3n) is 1.66. The summed E-state index contributed by atoms with van der Waals surface area (Å²) in [6, 6.07) is 2.67. The third kappa shape index (κ3) is 3.86. The zero-order valence-corrected chi connectivity index (χ0v) is 9.08. The Morgan fingerprint density at radius 1 is 1.12 bits per heavy atom. The summed E-state index contributed by atoms with van der Waals surface area (Å²) in [6.07, 6.45) is -3.09. The summed E-state index contributed by atoms with van der Waals surface area (Å²) in [6.45, 7) is 0. The zero-order valence-electron chi connectivity index (χ0n) is 9.08. The molecule has 1 heterocycles. The van der Waals surface area contributed by atoms with E-state index in [2.05, 4.69) is 14.5 Å². The number of carbonyl (C=O) groups is 2. The Kier molecular flexibility index (Phi) is 3.70. The molecule has 8 heteroatoms. The lowest BCUT2D eigenvalue weighted by Crippen LogP contribution is -2.12. The lowest BCUT2D eigenvalue weighted by Gasteiger charge is -2.13. The maximum Gasteiger partial charge on any atom is 0.512 e. The number of aromatic nitrogens is 1. The molecular formula is C9H10N2O6. The first kappa shape index (κ1) is 12.6. The van der Waals surface area contributed by atoms with Gasteiger partial charge >= 0.3 is 12.3 Å². The van der Waals surface area contributed by atoms with Crippen LogP contribution >= 0.6 is 0 Å². The number of hydrogen-bond donors (Lipinski definition) is 2. The van der Waals surface area contributed by atoms with Gasteiger partial charge in [-0.2, -0.15) is 4.98 Å². The molecule has 0 saturated carbocycles. The van der Waals surface area contributed by atoms with E-state index in [9.17, 15) is 9.59 Å². The van der Waals surface area contributed by atoms with Crippen molar-refractivity contribution in [3.8, 4) is 11.8 Å². The number of ether oxygens (including phenoxy) is 2. The largest absolute Gasteiger partial charge is 0.512 e. The Balaban J connectivity index is 3.08. The lowest BCUT2D eigenvalue weighted by atomic mass is 10.3. The van der Waals surface area contributed by atoms with Crippen LogP contribution in [-0.2, 0) is 0 Å². The van der Waals surface area contributed by atoms with E-state index < -0.39 is 12.3 Å². The van der Waals surface area contributed by atoms with Crippen molar-refractivity contribution in [2.75, 3.05) is 19.0 Å². The molecule has 92 valence electrons. The molecule has 2 N–H and O–H groups in total. The predicted octanol–water partition coefficient (Wildman–Crippen LogP) is 1.26. The van der Waals surface area contributed by atoms with E-state index in [4.69, 9.17) is 10.2 Å². The number of nitrogens with zero attached hydrogens (tertiary/aromatic N) is 2. The van der Waals surface area contributed by atoms with Crippen LogP contribution in [0.5, 0.6) is 11.8 Å². The number of anilines is 1. The molecule has 0 atom stereocenters. The number of carboxylic acid groups (broad SMARTS) is 2. The highest BCUT2D eigenvalue weighted by Gasteiger charge is 2.11. The zero-order chi connectivity index (χ0) is 13.0. The van der Waals surface area contributed by atoms with Gasteiger partial charge in [-0.1, -0.05) is 0 Å². The fourth-order valence-corrected chi connectivity index (χ4v) is 1.01. The van der Waals surface area contributed by atoms with Crippen LogP contribution in [0.2, 0.25) is 0 Å². The second-order valence-corrected chi connectivity index (χ2v) is 3.13. The maximum atomic E-state index is 10.4. The Labute approximate surface area is 96.0 Å². The first-order valence-corrected chi connectivity index (χ1v) is 4.39. The number of hydrogen-bond acceptors (Lipinski definition) is 6. The SMILES string of the molecule is CN(C)c1cc(OC(=O)O)nc(OC(=O)O)c1. The molecular weight excluding hydrogens is 232 g/mol. The van der Waals surface area contributed by atoms with Crippen molar-refractivity contribution in [1.82, 2.24) is 4.98 Å². The molecule has 0 radical (unpaired) electrons. The van der Waals surface area contributed by atoms with E-state index in [1.165, 1.54) is 12.1 Å². The molecule has 1 aromatic heterocycles. The van der Waals surface area contributed by atoms with Crippen molar-refractivity contribution < 1.29 is 29.3 Å². The summed E-state index contributed by atoms with van der Waals surface area (Å²) < 4.78 is 8.67. The van der Waals surface area contributed by atoms with Crippen LogP contribution in [0.1, 0.15) is 0 Å². The van der Waals surface area contributed by atoms with Crippen LogP contribution in [-0.4, -0.2) is 41.6 Å². The van der Waals surface area contributed by atoms with E-state index in [1.807, 2.05) is 0 Å². The topological polar surface area (TPSA) is 109 Å². The van der Waals surface area contributed by atoms with E-state index in [1.54, 1.807) is 19.0 Å². The standard InChI is InChI=1S/C9H10N2O6/c1-11(2)5-3-6(16-8(12)13)10-7(4-5)17-9(14)15/h3-4H,1-2H3,(H,12,13)(H,14,15). The lowest BCUT2D eigenvalue weighted by molar-refractivity contribution is 0.139. The molecule has 1 aromatic rings. The van der Waals surface area contributed by atoms with Crippen molar-refractivity contribution in [3.63, 3.8) is 0 Å². The molecule has 8 nitrogen and oxygen atoms in total. The van der Waals surface area contributed by atoms with Crippen LogP contribution in [0.25, 0.3) is 0 Å². The van der Waals surface area contributed by atoms with Gasteiger partial charge in [0.2, 0.25) is 11.8 Å². The third-order valence-corrected chi connectivity index (χ3v) is 1.66.